The van der Waals surface area contributed by atoms with Gasteiger partial charge >= 0.3 is 0 Å². The highest BCUT2D eigenvalue weighted by Crippen LogP contribution is 2.25. The van der Waals surface area contributed by atoms with Crippen LogP contribution in [0.3, 0.4) is 0 Å². The molecule has 20 heavy (non-hydrogen) atoms. The van der Waals surface area contributed by atoms with Crippen molar-refractivity contribution in [1.82, 2.24) is 5.32 Å². The molecule has 1 aromatic carbocycles. The first kappa shape index (κ1) is 16.8. The second kappa shape index (κ2) is 6.93. The second-order valence-corrected chi connectivity index (χ2v) is 7.26. The summed E-state index contributed by atoms with van der Waals surface area (Å²) < 4.78 is 21.9. The summed E-state index contributed by atoms with van der Waals surface area (Å²) in [5.41, 5.74) is 0.481. The minimum Gasteiger partial charge on any atom is -0.337 e. The van der Waals surface area contributed by atoms with Gasteiger partial charge in [-0.2, -0.15) is 5.26 Å². The summed E-state index contributed by atoms with van der Waals surface area (Å²) in [5.74, 6) is -0.786. The van der Waals surface area contributed by atoms with Crippen molar-refractivity contribution in [3.8, 4) is 6.07 Å². The van der Waals surface area contributed by atoms with Gasteiger partial charge in [0.05, 0.1) is 21.9 Å². The van der Waals surface area contributed by atoms with Crippen molar-refractivity contribution in [2.24, 2.45) is 0 Å². The molecule has 1 aromatic rings. The normalized spacial score (nSPS) is 12.5. The monoisotopic (exact) mass is 334 g/mol. The van der Waals surface area contributed by atoms with E-state index >= 15 is 0 Å². The predicted octanol–water partition coefficient (Wildman–Crippen LogP) is 2.11. The molecule has 108 valence electrons. The Labute approximate surface area is 127 Å². The lowest BCUT2D eigenvalue weighted by molar-refractivity contribution is -0.121. The average molecular weight is 335 g/mol. The van der Waals surface area contributed by atoms with Crippen LogP contribution in [0.25, 0.3) is 0 Å². The van der Waals surface area contributed by atoms with Crippen molar-refractivity contribution in [2.75, 3.05) is 12.0 Å². The van der Waals surface area contributed by atoms with E-state index in [-0.39, 0.29) is 17.2 Å². The average Bonchev–Trinajstić information content (AvgIpc) is 2.36. The van der Waals surface area contributed by atoms with E-state index in [0.717, 1.165) is 6.26 Å². The van der Waals surface area contributed by atoms with Gasteiger partial charge in [0.2, 0.25) is 5.91 Å². The fraction of sp³-hybridized carbons (Fsp3) is 0.333. The molecule has 0 heterocycles. The third-order valence-electron chi connectivity index (χ3n) is 2.41. The van der Waals surface area contributed by atoms with Crippen LogP contribution in [0.4, 0.5) is 0 Å². The van der Waals surface area contributed by atoms with Crippen molar-refractivity contribution in [1.29, 1.82) is 5.26 Å². The summed E-state index contributed by atoms with van der Waals surface area (Å²) in [6, 6.07) is 5.57. The van der Waals surface area contributed by atoms with Gasteiger partial charge in [0, 0.05) is 12.7 Å². The van der Waals surface area contributed by atoms with E-state index in [1.54, 1.807) is 6.07 Å². The number of hydrogen-bond acceptors (Lipinski definition) is 4. The number of hydrogen-bond donors (Lipinski definition) is 1. The van der Waals surface area contributed by atoms with Crippen molar-refractivity contribution in [3.05, 3.63) is 33.8 Å². The van der Waals surface area contributed by atoms with Crippen LogP contribution in [0.2, 0.25) is 10.0 Å². The molecule has 0 aromatic heterocycles. The molecule has 0 aliphatic carbocycles. The molecule has 0 aliphatic heterocycles. The third kappa shape index (κ3) is 5.37. The molecule has 0 bridgehead atoms. The number of nitriles is 1. The van der Waals surface area contributed by atoms with Crippen LogP contribution in [0.1, 0.15) is 18.0 Å². The number of rotatable bonds is 5. The van der Waals surface area contributed by atoms with Crippen molar-refractivity contribution in [3.63, 3.8) is 0 Å². The maximum absolute atomic E-state index is 11.6. The second-order valence-electron chi connectivity index (χ2n) is 4.18. The molecule has 1 atom stereocenters. The Hall–Kier alpha value is -1.29. The number of carbonyl (C=O) groups excluding carboxylic acids is 1. The highest BCUT2D eigenvalue weighted by Gasteiger charge is 2.16. The molecular weight excluding hydrogens is 323 g/mol. The summed E-state index contributed by atoms with van der Waals surface area (Å²) in [4.78, 5) is 11.6. The molecule has 1 amide bonds. The Kier molecular flexibility index (Phi) is 5.81. The zero-order valence-corrected chi connectivity index (χ0v) is 12.9. The standard InChI is InChI=1S/C12H12Cl2N2O3S/c1-20(18,19)5-4-12(17)16-11(7-15)8-2-3-9(13)10(14)6-8/h2-3,6,11H,4-5H2,1H3,(H,16,17)/t11-/m1/s1. The Bertz CT molecular complexity index is 653. The first-order chi connectivity index (χ1) is 9.23. The van der Waals surface area contributed by atoms with E-state index < -0.39 is 21.8 Å². The lowest BCUT2D eigenvalue weighted by Gasteiger charge is -2.12. The Balaban J connectivity index is 2.75. The van der Waals surface area contributed by atoms with E-state index in [4.69, 9.17) is 28.5 Å². The van der Waals surface area contributed by atoms with Crippen LogP contribution < -0.4 is 5.32 Å². The summed E-state index contributed by atoms with van der Waals surface area (Å²) in [7, 11) is -3.22. The van der Waals surface area contributed by atoms with Gasteiger partial charge in [0.1, 0.15) is 15.9 Å². The molecule has 0 spiro atoms. The molecular formula is C12H12Cl2N2O3S. The molecule has 0 unspecified atom stereocenters. The first-order valence-corrected chi connectivity index (χ1v) is 8.36. The fourth-order valence-electron chi connectivity index (χ4n) is 1.39. The van der Waals surface area contributed by atoms with Crippen LogP contribution in [0.5, 0.6) is 0 Å². The SMILES string of the molecule is CS(=O)(=O)CCC(=O)N[C@H](C#N)c1ccc(Cl)c(Cl)c1. The van der Waals surface area contributed by atoms with Gasteiger partial charge in [-0.15, -0.1) is 0 Å². The summed E-state index contributed by atoms with van der Waals surface area (Å²) in [6.45, 7) is 0. The molecule has 0 saturated heterocycles. The largest absolute Gasteiger partial charge is 0.337 e. The fourth-order valence-corrected chi connectivity index (χ4v) is 2.26. The van der Waals surface area contributed by atoms with E-state index in [9.17, 15) is 13.2 Å². The number of carbonyl (C=O) groups is 1. The van der Waals surface area contributed by atoms with E-state index in [0.29, 0.717) is 10.6 Å². The lowest BCUT2D eigenvalue weighted by atomic mass is 10.1. The van der Waals surface area contributed by atoms with Crippen LogP contribution >= 0.6 is 23.2 Å². The zero-order valence-electron chi connectivity index (χ0n) is 10.6. The number of amides is 1. The van der Waals surface area contributed by atoms with Gasteiger partial charge in [0.15, 0.2) is 0 Å². The van der Waals surface area contributed by atoms with Gasteiger partial charge in [-0.3, -0.25) is 4.79 Å². The lowest BCUT2D eigenvalue weighted by Crippen LogP contribution is -2.29. The minimum atomic E-state index is -3.22. The highest BCUT2D eigenvalue weighted by molar-refractivity contribution is 7.90. The Morgan fingerprint density at radius 2 is 2.05 bits per heavy atom. The molecule has 1 rings (SSSR count). The van der Waals surface area contributed by atoms with Crippen LogP contribution in [0, 0.1) is 11.3 Å². The summed E-state index contributed by atoms with van der Waals surface area (Å²) in [6.07, 6.45) is 0.847. The molecule has 0 radical (unpaired) electrons. The topological polar surface area (TPSA) is 87.0 Å². The Morgan fingerprint density at radius 1 is 1.40 bits per heavy atom. The van der Waals surface area contributed by atoms with Crippen LogP contribution in [0.15, 0.2) is 18.2 Å². The number of nitrogens with zero attached hydrogens (tertiary/aromatic N) is 1. The molecule has 0 fully saturated rings. The maximum Gasteiger partial charge on any atom is 0.222 e. The molecule has 0 saturated carbocycles. The highest BCUT2D eigenvalue weighted by atomic mass is 35.5. The molecule has 5 nitrogen and oxygen atoms in total. The number of halogens is 2. The summed E-state index contributed by atoms with van der Waals surface area (Å²) in [5, 5.41) is 12.1. The van der Waals surface area contributed by atoms with E-state index in [2.05, 4.69) is 5.32 Å². The zero-order chi connectivity index (χ0) is 15.3. The van der Waals surface area contributed by atoms with Crippen LogP contribution in [-0.2, 0) is 14.6 Å². The quantitative estimate of drug-likeness (QED) is 0.893. The van der Waals surface area contributed by atoms with Gasteiger partial charge in [-0.25, -0.2) is 8.42 Å². The maximum atomic E-state index is 11.6. The van der Waals surface area contributed by atoms with Gasteiger partial charge < -0.3 is 5.32 Å². The van der Waals surface area contributed by atoms with Gasteiger partial charge in [-0.1, -0.05) is 29.3 Å². The van der Waals surface area contributed by atoms with Crippen molar-refractivity contribution in [2.45, 2.75) is 12.5 Å². The van der Waals surface area contributed by atoms with Crippen molar-refractivity contribution < 1.29 is 13.2 Å². The Morgan fingerprint density at radius 3 is 2.55 bits per heavy atom. The predicted molar refractivity (Wildman–Crippen MR) is 77.3 cm³/mol. The van der Waals surface area contributed by atoms with E-state index in [1.807, 2.05) is 6.07 Å². The first-order valence-electron chi connectivity index (χ1n) is 5.54. The van der Waals surface area contributed by atoms with Crippen molar-refractivity contribution >= 4 is 38.9 Å². The molecule has 0 aliphatic rings. The summed E-state index contributed by atoms with van der Waals surface area (Å²) >= 11 is 11.6. The third-order valence-corrected chi connectivity index (χ3v) is 4.10. The van der Waals surface area contributed by atoms with Gasteiger partial charge in [-0.05, 0) is 17.7 Å². The molecule has 8 heteroatoms. The number of nitrogens with one attached hydrogen (secondary N) is 1. The number of benzene rings is 1. The van der Waals surface area contributed by atoms with Crippen LogP contribution in [-0.4, -0.2) is 26.3 Å². The smallest absolute Gasteiger partial charge is 0.222 e. The number of sulfone groups is 1. The van der Waals surface area contributed by atoms with Gasteiger partial charge in [0.25, 0.3) is 0 Å². The van der Waals surface area contributed by atoms with E-state index in [1.165, 1.54) is 12.1 Å². The molecule has 1 N–H and O–H groups in total. The minimum absolute atomic E-state index is 0.196.